The van der Waals surface area contributed by atoms with Crippen LogP contribution in [0.5, 0.6) is 0 Å². The molecule has 2 atom stereocenters. The Bertz CT molecular complexity index is 3380. The van der Waals surface area contributed by atoms with Crippen LogP contribution in [0.15, 0.2) is 146 Å². The van der Waals surface area contributed by atoms with Crippen LogP contribution in [0.25, 0.3) is 92.8 Å². The lowest BCUT2D eigenvalue weighted by Crippen LogP contribution is -2.59. The molecule has 234 valence electrons. The fourth-order valence-electron chi connectivity index (χ4n) is 12.2. The number of rotatable bonds is 1. The molecule has 0 saturated heterocycles. The van der Waals surface area contributed by atoms with E-state index in [1.54, 1.807) is 10.9 Å². The van der Waals surface area contributed by atoms with E-state index in [2.05, 4.69) is 151 Å². The van der Waals surface area contributed by atoms with Gasteiger partial charge in [0.15, 0.2) is 0 Å². The molecule has 6 aliphatic rings. The molecule has 0 spiro atoms. The molecule has 5 aliphatic heterocycles. The summed E-state index contributed by atoms with van der Waals surface area (Å²) >= 11 is 0. The lowest BCUT2D eigenvalue weighted by Gasteiger charge is -2.52. The number of allylic oxidation sites excluding steroid dienone is 4. The van der Waals surface area contributed by atoms with Gasteiger partial charge in [0.25, 0.3) is 0 Å². The fraction of sp³-hybridized carbons (Fsp3) is 0.0400. The third kappa shape index (κ3) is 2.54. The van der Waals surface area contributed by atoms with E-state index in [9.17, 15) is 0 Å². The lowest BCUT2D eigenvalue weighted by molar-refractivity contribution is 0.853. The summed E-state index contributed by atoms with van der Waals surface area (Å²) in [5.74, 6) is 0.736. The van der Waals surface area contributed by atoms with Gasteiger partial charge in [-0.05, 0) is 111 Å². The van der Waals surface area contributed by atoms with Crippen molar-refractivity contribution in [1.29, 1.82) is 0 Å². The molecule has 0 amide bonds. The minimum Gasteiger partial charge on any atom is -0.309 e. The second kappa shape index (κ2) is 8.22. The van der Waals surface area contributed by atoms with E-state index in [-0.39, 0.29) is 0 Å². The Morgan fingerprint density at radius 3 is 1.85 bits per heavy atom. The molecule has 9 aromatic rings. The predicted molar refractivity (Wildman–Crippen MR) is 221 cm³/mol. The van der Waals surface area contributed by atoms with Crippen molar-refractivity contribution in [3.63, 3.8) is 0 Å². The lowest BCUT2D eigenvalue weighted by atomic mass is 9.24. The van der Waals surface area contributed by atoms with E-state index >= 15 is 0 Å². The minimum atomic E-state index is 0.300. The zero-order chi connectivity index (χ0) is 33.1. The Balaban J connectivity index is 1.25. The van der Waals surface area contributed by atoms with Crippen LogP contribution in [0.1, 0.15) is 17.0 Å². The van der Waals surface area contributed by atoms with E-state index in [1.807, 2.05) is 0 Å². The van der Waals surface area contributed by atoms with E-state index in [0.29, 0.717) is 18.4 Å². The molecule has 1 aliphatic carbocycles. The first-order valence-corrected chi connectivity index (χ1v) is 18.7. The van der Waals surface area contributed by atoms with Crippen LogP contribution in [0.2, 0.25) is 5.82 Å². The predicted octanol–water partition coefficient (Wildman–Crippen LogP) is 11.9. The molecule has 2 unspecified atom stereocenters. The standard InChI is InChI=1S/C50H26BN/c1-2-13-28-25(9-1)10-3-14-29(28)42-36-21-6-17-32-38-23-26-11-4-15-30-34-19-8-20-35-31-16-5-12-27-24-39-33-18-7-22-37(42)44(33)50(43(32)36)52-48(38)46(40(26)30)51(45(34)35)47(41(27)31)49(39)52/h1-24,34,45H. The summed E-state index contributed by atoms with van der Waals surface area (Å²) in [5.41, 5.74) is 19.9. The molecular weight excluding hydrogens is 625 g/mol. The van der Waals surface area contributed by atoms with Gasteiger partial charge in [0.05, 0.1) is 5.69 Å². The topological polar surface area (TPSA) is 3.24 Å². The van der Waals surface area contributed by atoms with Gasteiger partial charge in [0, 0.05) is 39.2 Å². The first-order chi connectivity index (χ1) is 25.8. The normalized spacial score (nSPS) is 18.3. The second-order valence-corrected chi connectivity index (χ2v) is 15.8. The van der Waals surface area contributed by atoms with Crippen molar-refractivity contribution in [2.75, 3.05) is 4.90 Å². The number of fused-ring (bicyclic) bond motifs is 5. The molecule has 52 heavy (non-hydrogen) atoms. The molecule has 0 aromatic heterocycles. The summed E-state index contributed by atoms with van der Waals surface area (Å²) in [7, 11) is 0. The maximum absolute atomic E-state index is 2.78. The van der Waals surface area contributed by atoms with Crippen LogP contribution in [-0.4, -0.2) is 6.71 Å². The van der Waals surface area contributed by atoms with Crippen molar-refractivity contribution in [1.82, 2.24) is 0 Å². The smallest absolute Gasteiger partial charge is 0.224 e. The van der Waals surface area contributed by atoms with Gasteiger partial charge in [-0.2, -0.15) is 0 Å². The van der Waals surface area contributed by atoms with Crippen molar-refractivity contribution in [2.24, 2.45) is 0 Å². The van der Waals surface area contributed by atoms with E-state index < -0.39 is 0 Å². The van der Waals surface area contributed by atoms with Gasteiger partial charge in [-0.25, -0.2) is 0 Å². The van der Waals surface area contributed by atoms with E-state index in [4.69, 9.17) is 0 Å². The Kier molecular flexibility index (Phi) is 4.04. The summed E-state index contributed by atoms with van der Waals surface area (Å²) < 4.78 is 0. The largest absolute Gasteiger partial charge is 0.309 e. The first-order valence-electron chi connectivity index (χ1n) is 18.7. The molecule has 0 saturated carbocycles. The van der Waals surface area contributed by atoms with Crippen LogP contribution in [0.3, 0.4) is 0 Å². The zero-order valence-corrected chi connectivity index (χ0v) is 28.0. The van der Waals surface area contributed by atoms with Gasteiger partial charge in [-0.1, -0.05) is 133 Å². The quantitative estimate of drug-likeness (QED) is 0.126. The highest BCUT2D eigenvalue weighted by Crippen LogP contribution is 2.66. The highest BCUT2D eigenvalue weighted by Gasteiger charge is 2.54. The van der Waals surface area contributed by atoms with Gasteiger partial charge in [-0.15, -0.1) is 0 Å². The van der Waals surface area contributed by atoms with Gasteiger partial charge in [-0.3, -0.25) is 0 Å². The third-order valence-corrected chi connectivity index (χ3v) is 13.8. The Morgan fingerprint density at radius 1 is 0.462 bits per heavy atom. The molecule has 9 aromatic carbocycles. The molecule has 2 heteroatoms. The summed E-state index contributed by atoms with van der Waals surface area (Å²) in [6.07, 6.45) is 7.28. The average Bonchev–Trinajstić information content (AvgIpc) is 3.20. The van der Waals surface area contributed by atoms with Gasteiger partial charge in [0.2, 0.25) is 6.71 Å². The molecule has 15 rings (SSSR count). The number of nitrogens with zero attached hydrogens (tertiary/aromatic N) is 1. The SMILES string of the molecule is C1=CC2c3cccc4cc5c6c(c34)B3c4c7c(cc8cccc(c48)C(=C1)C32)-c1cccc2c(-c3cccc4ccccc34)c3cccc-5c3c(c12)N76. The molecule has 0 N–H and O–H groups in total. The molecule has 5 heterocycles. The van der Waals surface area contributed by atoms with Crippen molar-refractivity contribution < 1.29 is 0 Å². The summed E-state index contributed by atoms with van der Waals surface area (Å²) in [5, 5.41) is 13.7. The van der Waals surface area contributed by atoms with Crippen LogP contribution >= 0.6 is 0 Å². The highest BCUT2D eigenvalue weighted by atomic mass is 15.2. The van der Waals surface area contributed by atoms with E-state index in [1.165, 1.54) is 121 Å². The Hall–Kier alpha value is -6.38. The molecule has 0 fully saturated rings. The van der Waals surface area contributed by atoms with Gasteiger partial charge < -0.3 is 4.90 Å². The van der Waals surface area contributed by atoms with Crippen LogP contribution in [0, 0.1) is 0 Å². The first kappa shape index (κ1) is 25.6. The Morgan fingerprint density at radius 2 is 1.06 bits per heavy atom. The summed E-state index contributed by atoms with van der Waals surface area (Å²) in [6.45, 7) is 0.300. The fourth-order valence-corrected chi connectivity index (χ4v) is 12.2. The summed E-state index contributed by atoms with van der Waals surface area (Å²) in [4.78, 5) is 2.78. The van der Waals surface area contributed by atoms with Gasteiger partial charge >= 0.3 is 0 Å². The maximum Gasteiger partial charge on any atom is 0.224 e. The monoisotopic (exact) mass is 651 g/mol. The number of hydrogen-bond donors (Lipinski definition) is 0. The third-order valence-electron chi connectivity index (χ3n) is 13.8. The highest BCUT2D eigenvalue weighted by molar-refractivity contribution is 6.95. The Labute approximate surface area is 299 Å². The van der Waals surface area contributed by atoms with Crippen molar-refractivity contribution in [3.8, 4) is 33.4 Å². The summed E-state index contributed by atoms with van der Waals surface area (Å²) in [6, 6.07) is 49.3. The molecule has 1 nitrogen and oxygen atoms in total. The van der Waals surface area contributed by atoms with Crippen molar-refractivity contribution >= 4 is 94.1 Å². The minimum absolute atomic E-state index is 0.300. The average molecular weight is 652 g/mol. The van der Waals surface area contributed by atoms with E-state index in [0.717, 1.165) is 0 Å². The van der Waals surface area contributed by atoms with Crippen LogP contribution in [0.4, 0.5) is 17.1 Å². The zero-order valence-electron chi connectivity index (χ0n) is 28.0. The van der Waals surface area contributed by atoms with Gasteiger partial charge in [0.1, 0.15) is 0 Å². The number of benzene rings is 9. The second-order valence-electron chi connectivity index (χ2n) is 15.8. The number of anilines is 3. The molecular formula is C50H26BN. The van der Waals surface area contributed by atoms with Crippen LogP contribution < -0.4 is 15.8 Å². The number of hydrogen-bond acceptors (Lipinski definition) is 1. The van der Waals surface area contributed by atoms with Crippen LogP contribution in [-0.2, 0) is 0 Å². The molecule has 0 bridgehead atoms. The van der Waals surface area contributed by atoms with Crippen molar-refractivity contribution in [2.45, 2.75) is 11.7 Å². The van der Waals surface area contributed by atoms with Crippen molar-refractivity contribution in [3.05, 3.63) is 157 Å². The maximum atomic E-state index is 2.78. The molecule has 0 radical (unpaired) electrons.